The molecule has 2 atom stereocenters. The number of carbonyl (C=O) groups excluding carboxylic acids is 2. The van der Waals surface area contributed by atoms with E-state index in [-0.39, 0.29) is 42.7 Å². The third-order valence-corrected chi connectivity index (χ3v) is 9.79. The molecule has 0 amide bonds. The summed E-state index contributed by atoms with van der Waals surface area (Å²) in [5.41, 5.74) is 0. The number of nitrogens with zero attached hydrogens (tertiary/aromatic N) is 1. The summed E-state index contributed by atoms with van der Waals surface area (Å²) >= 11 is 0. The first-order valence-electron chi connectivity index (χ1n) is 22.0. The predicted octanol–water partition coefficient (Wildman–Crippen LogP) is 11.9. The molecule has 8 heteroatoms. The van der Waals surface area contributed by atoms with Crippen LogP contribution in [0.1, 0.15) is 187 Å². The summed E-state index contributed by atoms with van der Waals surface area (Å²) in [7, 11) is 5.49. The van der Waals surface area contributed by atoms with Crippen molar-refractivity contribution in [1.82, 2.24) is 0 Å². The molecule has 1 N–H and O–H groups in total. The van der Waals surface area contributed by atoms with E-state index in [1.165, 1.54) is 116 Å². The highest BCUT2D eigenvalue weighted by atomic mass is 16.6. The zero-order chi connectivity index (χ0) is 40.0. The van der Waals surface area contributed by atoms with Gasteiger partial charge in [-0.1, -0.05) is 153 Å². The Hall–Kier alpha value is -2.45. The van der Waals surface area contributed by atoms with Crippen LogP contribution in [0.5, 0.6) is 0 Å². The Morgan fingerprint density at radius 3 is 1.59 bits per heavy atom. The Balaban J connectivity index is 4.12. The number of rotatable bonds is 39. The molecule has 0 aromatic rings. The molecule has 0 fully saturated rings. The summed E-state index contributed by atoms with van der Waals surface area (Å²) in [6.07, 6.45) is 42.5. The second-order valence-electron chi connectivity index (χ2n) is 15.9. The SMILES string of the molecule is CC/C=C/C/C=C/CCC(=O)OC(COCCC(C(=O)O)[N+](C)(C)C)COC(=O)CCCCCCCCC/C=C/CCCCCCCCCCCCCC. The maximum Gasteiger partial charge on any atom is 0.362 e. The normalized spacial score (nSPS) is 13.3. The average molecular weight is 763 g/mol. The van der Waals surface area contributed by atoms with E-state index in [0.29, 0.717) is 19.3 Å². The van der Waals surface area contributed by atoms with Gasteiger partial charge in [0.2, 0.25) is 0 Å². The van der Waals surface area contributed by atoms with Crippen LogP contribution < -0.4 is 0 Å². The first kappa shape index (κ1) is 51.5. The molecule has 0 saturated carbocycles. The van der Waals surface area contributed by atoms with Gasteiger partial charge in [-0.25, -0.2) is 4.79 Å². The van der Waals surface area contributed by atoms with Gasteiger partial charge in [-0.3, -0.25) is 9.59 Å². The Morgan fingerprint density at radius 1 is 0.574 bits per heavy atom. The maximum absolute atomic E-state index is 12.5. The smallest absolute Gasteiger partial charge is 0.362 e. The molecule has 0 aliphatic carbocycles. The van der Waals surface area contributed by atoms with E-state index in [1.54, 1.807) is 0 Å². The first-order valence-corrected chi connectivity index (χ1v) is 22.0. The number of quaternary nitrogens is 1. The quantitative estimate of drug-likeness (QED) is 0.0288. The lowest BCUT2D eigenvalue weighted by atomic mass is 10.0. The van der Waals surface area contributed by atoms with Crippen molar-refractivity contribution in [3.8, 4) is 0 Å². The minimum absolute atomic E-state index is 0.0371. The number of ether oxygens (including phenoxy) is 3. The van der Waals surface area contributed by atoms with Crippen LogP contribution in [-0.2, 0) is 28.6 Å². The van der Waals surface area contributed by atoms with Crippen LogP contribution in [0.25, 0.3) is 0 Å². The van der Waals surface area contributed by atoms with Crippen molar-refractivity contribution >= 4 is 17.9 Å². The van der Waals surface area contributed by atoms with Crippen LogP contribution in [-0.4, -0.2) is 80.6 Å². The van der Waals surface area contributed by atoms with E-state index in [1.807, 2.05) is 33.3 Å². The number of aliphatic carboxylic acids is 1. The molecule has 314 valence electrons. The van der Waals surface area contributed by atoms with Crippen molar-refractivity contribution in [3.63, 3.8) is 0 Å². The van der Waals surface area contributed by atoms with E-state index in [9.17, 15) is 19.5 Å². The molecule has 2 unspecified atom stereocenters. The number of carboxylic acid groups (broad SMARTS) is 1. The van der Waals surface area contributed by atoms with Crippen molar-refractivity contribution in [2.75, 3.05) is 41.0 Å². The topological polar surface area (TPSA) is 99.1 Å². The summed E-state index contributed by atoms with van der Waals surface area (Å²) in [5.74, 6) is -1.57. The van der Waals surface area contributed by atoms with Crippen molar-refractivity contribution in [1.29, 1.82) is 0 Å². The number of carboxylic acids is 1. The number of allylic oxidation sites excluding steroid dienone is 6. The highest BCUT2D eigenvalue weighted by molar-refractivity contribution is 5.72. The lowest BCUT2D eigenvalue weighted by Crippen LogP contribution is -2.50. The van der Waals surface area contributed by atoms with Gasteiger partial charge >= 0.3 is 17.9 Å². The molecule has 0 bridgehead atoms. The van der Waals surface area contributed by atoms with Crippen LogP contribution in [0.3, 0.4) is 0 Å². The lowest BCUT2D eigenvalue weighted by Gasteiger charge is -2.31. The van der Waals surface area contributed by atoms with Crippen LogP contribution >= 0.6 is 0 Å². The molecule has 8 nitrogen and oxygen atoms in total. The molecule has 54 heavy (non-hydrogen) atoms. The van der Waals surface area contributed by atoms with Crippen molar-refractivity contribution < 1.29 is 38.2 Å². The molecule has 0 radical (unpaired) electrons. The van der Waals surface area contributed by atoms with Gasteiger partial charge in [-0.05, 0) is 51.4 Å². The molecule has 0 spiro atoms. The van der Waals surface area contributed by atoms with Crippen LogP contribution in [0.2, 0.25) is 0 Å². The van der Waals surface area contributed by atoms with Crippen molar-refractivity contribution in [2.24, 2.45) is 0 Å². The van der Waals surface area contributed by atoms with E-state index in [4.69, 9.17) is 14.2 Å². The van der Waals surface area contributed by atoms with E-state index in [0.717, 1.165) is 32.1 Å². The number of likely N-dealkylation sites (N-methyl/N-ethyl adjacent to an activating group) is 1. The summed E-state index contributed by atoms with van der Waals surface area (Å²) in [6, 6.07) is -0.622. The second-order valence-corrected chi connectivity index (χ2v) is 15.9. The Morgan fingerprint density at radius 2 is 1.07 bits per heavy atom. The van der Waals surface area contributed by atoms with Gasteiger partial charge in [0.25, 0.3) is 0 Å². The van der Waals surface area contributed by atoms with E-state index >= 15 is 0 Å². The van der Waals surface area contributed by atoms with Crippen LogP contribution in [0.15, 0.2) is 36.5 Å². The summed E-state index contributed by atoms with van der Waals surface area (Å²) in [4.78, 5) is 36.7. The Bertz CT molecular complexity index is 984. The minimum Gasteiger partial charge on any atom is -0.477 e. The number of unbranched alkanes of at least 4 members (excludes halogenated alkanes) is 19. The molecule has 0 saturated heterocycles. The van der Waals surface area contributed by atoms with Gasteiger partial charge in [-0.2, -0.15) is 0 Å². The van der Waals surface area contributed by atoms with Crippen LogP contribution in [0.4, 0.5) is 0 Å². The van der Waals surface area contributed by atoms with Gasteiger partial charge < -0.3 is 23.8 Å². The molecular weight excluding hydrogens is 679 g/mol. The summed E-state index contributed by atoms with van der Waals surface area (Å²) in [5, 5.41) is 9.57. The largest absolute Gasteiger partial charge is 0.477 e. The predicted molar refractivity (Wildman–Crippen MR) is 225 cm³/mol. The average Bonchev–Trinajstić information content (AvgIpc) is 3.12. The third kappa shape index (κ3) is 35.3. The number of hydrogen-bond donors (Lipinski definition) is 1. The summed E-state index contributed by atoms with van der Waals surface area (Å²) < 4.78 is 17.1. The Labute approximate surface area is 332 Å². The highest BCUT2D eigenvalue weighted by Crippen LogP contribution is 2.14. The van der Waals surface area contributed by atoms with Gasteiger partial charge in [0.05, 0.1) is 34.4 Å². The Kier molecular flexibility index (Phi) is 35.8. The van der Waals surface area contributed by atoms with Gasteiger partial charge in [-0.15, -0.1) is 0 Å². The van der Waals surface area contributed by atoms with Crippen LogP contribution in [0, 0.1) is 0 Å². The molecule has 0 aromatic carbocycles. The highest BCUT2D eigenvalue weighted by Gasteiger charge is 2.31. The van der Waals surface area contributed by atoms with Gasteiger partial charge in [0.15, 0.2) is 12.1 Å². The molecule has 0 rings (SSSR count). The van der Waals surface area contributed by atoms with Gasteiger partial charge in [0, 0.05) is 19.3 Å². The fourth-order valence-electron chi connectivity index (χ4n) is 6.38. The zero-order valence-electron chi connectivity index (χ0n) is 35.7. The molecule has 0 aromatic heterocycles. The number of esters is 2. The van der Waals surface area contributed by atoms with E-state index in [2.05, 4.69) is 38.2 Å². The number of carbonyl (C=O) groups is 3. The third-order valence-electron chi connectivity index (χ3n) is 9.79. The maximum atomic E-state index is 12.5. The van der Waals surface area contributed by atoms with Gasteiger partial charge in [0.1, 0.15) is 6.61 Å². The fourth-order valence-corrected chi connectivity index (χ4v) is 6.38. The first-order chi connectivity index (χ1) is 26.1. The standard InChI is InChI=1S/C46H83NO7/c1-6-8-10-12-14-15-16-17-18-19-20-21-22-23-24-25-26-27-28-29-31-32-34-36-44(48)53-41-42(40-52-39-38-43(46(50)51)47(3,4)5)54-45(49)37-35-33-30-13-11-9-7-2/h9,11,23-24,30,33,42-43H,6-8,10,12-22,25-29,31-32,34-41H2,1-5H3/p+1/b11-9+,24-23+,33-30+. The summed E-state index contributed by atoms with van der Waals surface area (Å²) in [6.45, 7) is 4.52. The second kappa shape index (κ2) is 37.5. The molecule has 0 heterocycles. The molecule has 0 aliphatic heterocycles. The molecule has 0 aliphatic rings. The van der Waals surface area contributed by atoms with Crippen molar-refractivity contribution in [3.05, 3.63) is 36.5 Å². The fraction of sp³-hybridized carbons (Fsp3) is 0.804. The van der Waals surface area contributed by atoms with Crippen molar-refractivity contribution in [2.45, 2.75) is 199 Å². The van der Waals surface area contributed by atoms with E-state index < -0.39 is 18.1 Å². The number of hydrogen-bond acceptors (Lipinski definition) is 6. The minimum atomic E-state index is -0.885. The zero-order valence-corrected chi connectivity index (χ0v) is 35.7. The monoisotopic (exact) mass is 763 g/mol. The molecular formula is C46H84NO7+. The lowest BCUT2D eigenvalue weighted by molar-refractivity contribution is -0.887.